The number of carbonyl (C=O) groups is 1. The average Bonchev–Trinajstić information content (AvgIpc) is 2.54. The van der Waals surface area contributed by atoms with Gasteiger partial charge in [0, 0.05) is 38.4 Å². The van der Waals surface area contributed by atoms with E-state index in [0.29, 0.717) is 18.7 Å². The zero-order valence-corrected chi connectivity index (χ0v) is 13.8. The fraction of sp³-hybridized carbons (Fsp3) is 0.533. The minimum absolute atomic E-state index is 0. The SMILES string of the molecule is COC1CCN(C(=O)Cc2cccc([N+](=O)[O-])c2)C(CN)C1.Cl. The van der Waals surface area contributed by atoms with Crippen LogP contribution in [0.15, 0.2) is 24.3 Å². The number of benzene rings is 1. The Bertz CT molecular complexity index is 555. The molecule has 2 rings (SSSR count). The molecule has 0 saturated carbocycles. The summed E-state index contributed by atoms with van der Waals surface area (Å²) in [4.78, 5) is 24.6. The van der Waals surface area contributed by atoms with E-state index < -0.39 is 4.92 Å². The van der Waals surface area contributed by atoms with Crippen LogP contribution in [0.5, 0.6) is 0 Å². The van der Waals surface area contributed by atoms with Crippen molar-refractivity contribution in [2.45, 2.75) is 31.4 Å². The number of nitro benzene ring substituents is 1. The Hall–Kier alpha value is -1.70. The van der Waals surface area contributed by atoms with Gasteiger partial charge in [-0.2, -0.15) is 0 Å². The largest absolute Gasteiger partial charge is 0.381 e. The number of piperidine rings is 1. The van der Waals surface area contributed by atoms with Gasteiger partial charge in [0.15, 0.2) is 0 Å². The van der Waals surface area contributed by atoms with Crippen LogP contribution in [0.3, 0.4) is 0 Å². The van der Waals surface area contributed by atoms with Crippen molar-refractivity contribution in [3.63, 3.8) is 0 Å². The molecule has 0 spiro atoms. The van der Waals surface area contributed by atoms with E-state index in [1.807, 2.05) is 0 Å². The topological polar surface area (TPSA) is 98.7 Å². The first-order valence-corrected chi connectivity index (χ1v) is 7.30. The number of nitro groups is 1. The van der Waals surface area contributed by atoms with Crippen LogP contribution < -0.4 is 5.73 Å². The third kappa shape index (κ3) is 4.89. The molecule has 23 heavy (non-hydrogen) atoms. The van der Waals surface area contributed by atoms with Gasteiger partial charge in [-0.05, 0) is 18.4 Å². The van der Waals surface area contributed by atoms with E-state index in [0.717, 1.165) is 12.8 Å². The van der Waals surface area contributed by atoms with Gasteiger partial charge in [-0.15, -0.1) is 12.4 Å². The summed E-state index contributed by atoms with van der Waals surface area (Å²) in [7, 11) is 1.67. The van der Waals surface area contributed by atoms with E-state index in [-0.39, 0.29) is 42.6 Å². The summed E-state index contributed by atoms with van der Waals surface area (Å²) in [6, 6.07) is 6.14. The summed E-state index contributed by atoms with van der Waals surface area (Å²) in [5.74, 6) is -0.0505. The molecule has 8 heteroatoms. The Morgan fingerprint density at radius 2 is 2.26 bits per heavy atom. The monoisotopic (exact) mass is 343 g/mol. The van der Waals surface area contributed by atoms with Crippen LogP contribution in [0, 0.1) is 10.1 Å². The second kappa shape index (κ2) is 8.81. The molecule has 1 aliphatic heterocycles. The number of hydrogen-bond acceptors (Lipinski definition) is 5. The summed E-state index contributed by atoms with van der Waals surface area (Å²) in [5, 5.41) is 10.8. The molecular formula is C15H22ClN3O4. The Labute approximate surface area is 141 Å². The number of nitrogens with zero attached hydrogens (tertiary/aromatic N) is 2. The van der Waals surface area contributed by atoms with Gasteiger partial charge in [0.05, 0.1) is 17.4 Å². The predicted molar refractivity (Wildman–Crippen MR) is 88.6 cm³/mol. The highest BCUT2D eigenvalue weighted by molar-refractivity contribution is 5.85. The zero-order valence-electron chi connectivity index (χ0n) is 13.0. The Balaban J connectivity index is 0.00000264. The summed E-state index contributed by atoms with van der Waals surface area (Å²) in [6.07, 6.45) is 1.80. The molecule has 2 N–H and O–H groups in total. The van der Waals surface area contributed by atoms with Crippen LogP contribution in [0.25, 0.3) is 0 Å². The minimum Gasteiger partial charge on any atom is -0.381 e. The molecule has 1 heterocycles. The average molecular weight is 344 g/mol. The smallest absolute Gasteiger partial charge is 0.269 e. The first-order valence-electron chi connectivity index (χ1n) is 7.30. The first kappa shape index (κ1) is 19.3. The second-order valence-electron chi connectivity index (χ2n) is 5.46. The van der Waals surface area contributed by atoms with E-state index >= 15 is 0 Å². The van der Waals surface area contributed by atoms with E-state index in [1.54, 1.807) is 24.1 Å². The third-order valence-corrected chi connectivity index (χ3v) is 4.07. The molecular weight excluding hydrogens is 322 g/mol. The highest BCUT2D eigenvalue weighted by atomic mass is 35.5. The van der Waals surface area contributed by atoms with E-state index in [1.165, 1.54) is 12.1 Å². The lowest BCUT2D eigenvalue weighted by molar-refractivity contribution is -0.384. The van der Waals surface area contributed by atoms with E-state index in [9.17, 15) is 14.9 Å². The molecule has 0 aliphatic carbocycles. The number of halogens is 1. The normalized spacial score (nSPS) is 20.7. The van der Waals surface area contributed by atoms with E-state index in [4.69, 9.17) is 10.5 Å². The van der Waals surface area contributed by atoms with Gasteiger partial charge in [0.2, 0.25) is 5.91 Å². The second-order valence-corrected chi connectivity index (χ2v) is 5.46. The maximum Gasteiger partial charge on any atom is 0.269 e. The number of hydrogen-bond donors (Lipinski definition) is 1. The number of carbonyl (C=O) groups excluding carboxylic acids is 1. The van der Waals surface area contributed by atoms with Crippen molar-refractivity contribution in [3.8, 4) is 0 Å². The van der Waals surface area contributed by atoms with Crippen LogP contribution >= 0.6 is 12.4 Å². The van der Waals surface area contributed by atoms with Crippen LogP contribution in [0.4, 0.5) is 5.69 Å². The van der Waals surface area contributed by atoms with Gasteiger partial charge in [-0.25, -0.2) is 0 Å². The summed E-state index contributed by atoms with van der Waals surface area (Å²) in [6.45, 7) is 0.995. The number of likely N-dealkylation sites (tertiary alicyclic amines) is 1. The zero-order chi connectivity index (χ0) is 16.1. The van der Waals surface area contributed by atoms with Crippen molar-refractivity contribution in [3.05, 3.63) is 39.9 Å². The van der Waals surface area contributed by atoms with Crippen molar-refractivity contribution in [1.29, 1.82) is 0 Å². The van der Waals surface area contributed by atoms with Gasteiger partial charge in [0.1, 0.15) is 0 Å². The molecule has 1 amide bonds. The molecule has 0 radical (unpaired) electrons. The minimum atomic E-state index is -0.458. The molecule has 1 fully saturated rings. The quantitative estimate of drug-likeness (QED) is 0.645. The van der Waals surface area contributed by atoms with Gasteiger partial charge in [-0.3, -0.25) is 14.9 Å². The molecule has 1 aromatic carbocycles. The fourth-order valence-electron chi connectivity index (χ4n) is 2.84. The summed E-state index contributed by atoms with van der Waals surface area (Å²) >= 11 is 0. The molecule has 128 valence electrons. The van der Waals surface area contributed by atoms with Crippen molar-refractivity contribution >= 4 is 24.0 Å². The van der Waals surface area contributed by atoms with Crippen LogP contribution in [-0.4, -0.2) is 48.1 Å². The van der Waals surface area contributed by atoms with Crippen molar-refractivity contribution < 1.29 is 14.5 Å². The highest BCUT2D eigenvalue weighted by Gasteiger charge is 2.30. The number of rotatable bonds is 5. The van der Waals surface area contributed by atoms with Crippen molar-refractivity contribution in [1.82, 2.24) is 4.90 Å². The standard InChI is InChI=1S/C15H21N3O4.ClH/c1-22-14-5-6-17(13(9-14)10-16)15(19)8-11-3-2-4-12(7-11)18(20)21;/h2-4,7,13-14H,5-6,8-10,16H2,1H3;1H. The molecule has 2 unspecified atom stereocenters. The third-order valence-electron chi connectivity index (χ3n) is 4.07. The summed E-state index contributed by atoms with van der Waals surface area (Å²) in [5.41, 5.74) is 6.41. The van der Waals surface area contributed by atoms with Gasteiger partial charge >= 0.3 is 0 Å². The van der Waals surface area contributed by atoms with Gasteiger partial charge < -0.3 is 15.4 Å². The Morgan fingerprint density at radius 1 is 1.52 bits per heavy atom. The lowest BCUT2D eigenvalue weighted by Gasteiger charge is -2.38. The maximum absolute atomic E-state index is 12.5. The Morgan fingerprint density at radius 3 is 2.87 bits per heavy atom. The molecule has 1 aliphatic rings. The number of nitrogens with two attached hydrogens (primary N) is 1. The fourth-order valence-corrected chi connectivity index (χ4v) is 2.84. The number of amides is 1. The van der Waals surface area contributed by atoms with Crippen molar-refractivity contribution in [2.75, 3.05) is 20.2 Å². The lowest BCUT2D eigenvalue weighted by Crippen LogP contribution is -2.51. The van der Waals surface area contributed by atoms with Crippen molar-refractivity contribution in [2.24, 2.45) is 5.73 Å². The van der Waals surface area contributed by atoms with Gasteiger partial charge in [-0.1, -0.05) is 12.1 Å². The molecule has 0 bridgehead atoms. The Kier molecular flexibility index (Phi) is 7.41. The molecule has 1 aromatic rings. The number of ether oxygens (including phenoxy) is 1. The lowest BCUT2D eigenvalue weighted by atomic mass is 9.98. The molecule has 7 nitrogen and oxygen atoms in total. The van der Waals surface area contributed by atoms with Gasteiger partial charge in [0.25, 0.3) is 5.69 Å². The summed E-state index contributed by atoms with van der Waals surface area (Å²) < 4.78 is 5.34. The maximum atomic E-state index is 12.5. The van der Waals surface area contributed by atoms with Crippen LogP contribution in [0.2, 0.25) is 0 Å². The van der Waals surface area contributed by atoms with E-state index in [2.05, 4.69) is 0 Å². The van der Waals surface area contributed by atoms with Crippen LogP contribution in [-0.2, 0) is 16.0 Å². The molecule has 2 atom stereocenters. The number of non-ortho nitro benzene ring substituents is 1. The predicted octanol–water partition coefficient (Wildman–Crippen LogP) is 1.52. The van der Waals surface area contributed by atoms with Crippen LogP contribution in [0.1, 0.15) is 18.4 Å². The first-order chi connectivity index (χ1) is 10.5. The number of methoxy groups -OCH3 is 1. The highest BCUT2D eigenvalue weighted by Crippen LogP contribution is 2.21. The molecule has 0 aromatic heterocycles. The molecule has 1 saturated heterocycles.